The first kappa shape index (κ1) is 23.1. The highest BCUT2D eigenvalue weighted by Crippen LogP contribution is 2.31. The number of piperazine rings is 1. The molecular formula is C16H23Cl2F3N2O. The molecule has 0 radical (unpaired) electrons. The van der Waals surface area contributed by atoms with E-state index in [2.05, 4.69) is 21.5 Å². The van der Waals surface area contributed by atoms with Gasteiger partial charge in [-0.1, -0.05) is 17.7 Å². The van der Waals surface area contributed by atoms with Crippen molar-refractivity contribution in [2.75, 3.05) is 26.2 Å². The number of rotatable bonds is 5. The van der Waals surface area contributed by atoms with E-state index < -0.39 is 6.36 Å². The van der Waals surface area contributed by atoms with Crippen molar-refractivity contribution in [1.29, 1.82) is 0 Å². The van der Waals surface area contributed by atoms with E-state index in [4.69, 9.17) is 0 Å². The number of nitrogens with one attached hydrogen (secondary N) is 1. The Morgan fingerprint density at radius 3 is 2.46 bits per heavy atom. The summed E-state index contributed by atoms with van der Waals surface area (Å²) in [5.41, 5.74) is 1.83. The molecule has 1 fully saturated rings. The normalized spacial score (nSPS) is 16.5. The number of benzene rings is 1. The van der Waals surface area contributed by atoms with Gasteiger partial charge >= 0.3 is 6.36 Å². The fourth-order valence-corrected chi connectivity index (χ4v) is 2.70. The highest BCUT2D eigenvalue weighted by atomic mass is 35.5. The van der Waals surface area contributed by atoms with Crippen molar-refractivity contribution in [1.82, 2.24) is 10.2 Å². The van der Waals surface area contributed by atoms with Crippen LogP contribution in [0.25, 0.3) is 0 Å². The minimum absolute atomic E-state index is 0. The van der Waals surface area contributed by atoms with Gasteiger partial charge in [-0.3, -0.25) is 4.90 Å². The van der Waals surface area contributed by atoms with Gasteiger partial charge in [0.2, 0.25) is 0 Å². The summed E-state index contributed by atoms with van der Waals surface area (Å²) in [5.74, 6) is -0.174. The molecule has 1 heterocycles. The molecule has 0 saturated carbocycles. The molecule has 1 aromatic rings. The first-order valence-corrected chi connectivity index (χ1v) is 7.30. The van der Waals surface area contributed by atoms with Crippen LogP contribution in [0.5, 0.6) is 5.75 Å². The van der Waals surface area contributed by atoms with E-state index in [1.165, 1.54) is 12.1 Å². The predicted octanol–water partition coefficient (Wildman–Crippen LogP) is 4.34. The molecule has 0 amide bonds. The first-order chi connectivity index (χ1) is 10.3. The minimum Gasteiger partial charge on any atom is -0.406 e. The fourth-order valence-electron chi connectivity index (χ4n) is 2.70. The molecule has 0 spiro atoms. The monoisotopic (exact) mass is 386 g/mol. The van der Waals surface area contributed by atoms with Crippen LogP contribution in [0.2, 0.25) is 0 Å². The Hall–Kier alpha value is -0.950. The molecule has 24 heavy (non-hydrogen) atoms. The average molecular weight is 387 g/mol. The van der Waals surface area contributed by atoms with Crippen LogP contribution in [0.1, 0.15) is 24.9 Å². The largest absolute Gasteiger partial charge is 0.573 e. The zero-order valence-corrected chi connectivity index (χ0v) is 15.1. The molecule has 1 atom stereocenters. The van der Waals surface area contributed by atoms with Crippen molar-refractivity contribution < 1.29 is 17.9 Å². The number of alkyl halides is 3. The van der Waals surface area contributed by atoms with Gasteiger partial charge in [0.15, 0.2) is 0 Å². The van der Waals surface area contributed by atoms with Gasteiger partial charge < -0.3 is 10.1 Å². The third kappa shape index (κ3) is 7.30. The van der Waals surface area contributed by atoms with Gasteiger partial charge in [0, 0.05) is 32.2 Å². The Labute approximate surface area is 153 Å². The molecule has 138 valence electrons. The van der Waals surface area contributed by atoms with Crippen LogP contribution in [0.3, 0.4) is 0 Å². The molecular weight excluding hydrogens is 364 g/mol. The summed E-state index contributed by atoms with van der Waals surface area (Å²) in [4.78, 5) is 2.28. The molecule has 1 aliphatic heterocycles. The lowest BCUT2D eigenvalue weighted by Crippen LogP contribution is -2.45. The fraction of sp³-hybridized carbons (Fsp3) is 0.500. The lowest BCUT2D eigenvalue weighted by molar-refractivity contribution is -0.274. The highest BCUT2D eigenvalue weighted by Gasteiger charge is 2.31. The molecule has 0 aliphatic carbocycles. The quantitative estimate of drug-likeness (QED) is 0.761. The van der Waals surface area contributed by atoms with E-state index in [-0.39, 0.29) is 36.6 Å². The maximum absolute atomic E-state index is 12.4. The number of ether oxygens (including phenoxy) is 1. The average Bonchev–Trinajstić information content (AvgIpc) is 2.44. The van der Waals surface area contributed by atoms with E-state index in [0.717, 1.165) is 43.7 Å². The van der Waals surface area contributed by atoms with Crippen molar-refractivity contribution >= 4 is 24.8 Å². The van der Waals surface area contributed by atoms with Crippen LogP contribution < -0.4 is 10.1 Å². The maximum Gasteiger partial charge on any atom is 0.573 e. The zero-order chi connectivity index (χ0) is 16.2. The Morgan fingerprint density at radius 2 is 1.92 bits per heavy atom. The van der Waals surface area contributed by atoms with Crippen molar-refractivity contribution in [3.63, 3.8) is 0 Å². The van der Waals surface area contributed by atoms with Gasteiger partial charge in [0.25, 0.3) is 0 Å². The molecule has 2 rings (SSSR count). The van der Waals surface area contributed by atoms with Crippen LogP contribution >= 0.6 is 24.8 Å². The van der Waals surface area contributed by atoms with Crippen LogP contribution in [0.4, 0.5) is 13.2 Å². The van der Waals surface area contributed by atoms with Crippen molar-refractivity contribution in [3.05, 3.63) is 42.0 Å². The number of nitrogens with zero attached hydrogens (tertiary/aromatic N) is 1. The molecule has 0 bridgehead atoms. The third-order valence-corrected chi connectivity index (χ3v) is 3.61. The molecule has 8 heteroatoms. The second-order valence-corrected chi connectivity index (χ2v) is 5.58. The van der Waals surface area contributed by atoms with E-state index >= 15 is 0 Å². The van der Waals surface area contributed by atoms with Gasteiger partial charge in [-0.2, -0.15) is 0 Å². The predicted molar refractivity (Wildman–Crippen MR) is 94.2 cm³/mol. The topological polar surface area (TPSA) is 24.5 Å². The first-order valence-electron chi connectivity index (χ1n) is 7.30. The van der Waals surface area contributed by atoms with E-state index in [9.17, 15) is 13.2 Å². The van der Waals surface area contributed by atoms with Crippen molar-refractivity contribution in [2.45, 2.75) is 25.7 Å². The van der Waals surface area contributed by atoms with Gasteiger partial charge in [-0.25, -0.2) is 0 Å². The molecule has 0 unspecified atom stereocenters. The van der Waals surface area contributed by atoms with E-state index in [1.54, 1.807) is 6.07 Å². The van der Waals surface area contributed by atoms with Crippen LogP contribution in [-0.4, -0.2) is 37.4 Å². The third-order valence-electron chi connectivity index (χ3n) is 3.61. The Bertz CT molecular complexity index is 520. The van der Waals surface area contributed by atoms with Gasteiger partial charge in [-0.15, -0.1) is 44.6 Å². The summed E-state index contributed by atoms with van der Waals surface area (Å²) < 4.78 is 41.2. The lowest BCUT2D eigenvalue weighted by Gasteiger charge is -2.35. The van der Waals surface area contributed by atoms with Gasteiger partial charge in [-0.05, 0) is 31.0 Å². The smallest absolute Gasteiger partial charge is 0.406 e. The van der Waals surface area contributed by atoms with E-state index in [1.807, 2.05) is 13.0 Å². The highest BCUT2D eigenvalue weighted by molar-refractivity contribution is 5.85. The molecule has 1 aromatic carbocycles. The van der Waals surface area contributed by atoms with Crippen molar-refractivity contribution in [3.8, 4) is 5.75 Å². The summed E-state index contributed by atoms with van der Waals surface area (Å²) >= 11 is 0. The van der Waals surface area contributed by atoms with Crippen LogP contribution in [-0.2, 0) is 0 Å². The van der Waals surface area contributed by atoms with Crippen molar-refractivity contribution in [2.24, 2.45) is 0 Å². The summed E-state index contributed by atoms with van der Waals surface area (Å²) in [7, 11) is 0. The number of hydrogen-bond acceptors (Lipinski definition) is 3. The number of halogens is 5. The molecule has 1 N–H and O–H groups in total. The molecule has 3 nitrogen and oxygen atoms in total. The lowest BCUT2D eigenvalue weighted by atomic mass is 9.98. The molecule has 1 aliphatic rings. The summed E-state index contributed by atoms with van der Waals surface area (Å²) in [6, 6.07) is 6.27. The number of hydrogen-bond donors (Lipinski definition) is 1. The van der Waals surface area contributed by atoms with E-state index in [0.29, 0.717) is 0 Å². The minimum atomic E-state index is -4.67. The second kappa shape index (κ2) is 10.1. The SMILES string of the molecule is C=C(C)C[C@H](c1cccc(OC(F)(F)F)c1)N1CCNCC1.Cl.Cl. The molecule has 1 saturated heterocycles. The second-order valence-electron chi connectivity index (χ2n) is 5.58. The molecule has 0 aromatic heterocycles. The Morgan fingerprint density at radius 1 is 1.29 bits per heavy atom. The summed E-state index contributed by atoms with van der Waals surface area (Å²) in [6.07, 6.45) is -3.95. The van der Waals surface area contributed by atoms with Gasteiger partial charge in [0.1, 0.15) is 5.75 Å². The maximum atomic E-state index is 12.4. The zero-order valence-electron chi connectivity index (χ0n) is 13.4. The Kier molecular flexibility index (Phi) is 9.73. The Balaban J connectivity index is 0.00000264. The van der Waals surface area contributed by atoms with Crippen LogP contribution in [0.15, 0.2) is 36.4 Å². The summed E-state index contributed by atoms with van der Waals surface area (Å²) in [6.45, 7) is 9.37. The van der Waals surface area contributed by atoms with Crippen LogP contribution in [0, 0.1) is 0 Å². The summed E-state index contributed by atoms with van der Waals surface area (Å²) in [5, 5.41) is 3.28. The standard InChI is InChI=1S/C16H21F3N2O.2ClH/c1-12(2)10-15(21-8-6-20-7-9-21)13-4-3-5-14(11-13)22-16(17,18)19;;/h3-5,11,15,20H,1,6-10H2,2H3;2*1H/t15-;;/m1../s1. The van der Waals surface area contributed by atoms with Gasteiger partial charge in [0.05, 0.1) is 0 Å².